The maximum absolute atomic E-state index is 5.50. The Morgan fingerprint density at radius 2 is 1.95 bits per heavy atom. The highest BCUT2D eigenvalue weighted by Gasteiger charge is 2.18. The Morgan fingerprint density at radius 3 is 2.57 bits per heavy atom. The molecule has 0 saturated carbocycles. The summed E-state index contributed by atoms with van der Waals surface area (Å²) in [5.74, 6) is 2.58. The van der Waals surface area contributed by atoms with Gasteiger partial charge in [0.1, 0.15) is 0 Å². The number of ether oxygens (including phenoxy) is 2. The second-order valence-electron chi connectivity index (χ2n) is 6.05. The number of benzene rings is 1. The van der Waals surface area contributed by atoms with Crippen LogP contribution in [0, 0.1) is 5.41 Å². The van der Waals surface area contributed by atoms with E-state index >= 15 is 0 Å². The molecule has 0 atom stereocenters. The second kappa shape index (κ2) is 6.16. The van der Waals surface area contributed by atoms with E-state index in [9.17, 15) is 0 Å². The van der Waals surface area contributed by atoms with Crippen LogP contribution < -0.4 is 9.47 Å². The standard InChI is InChI=1S/C16H22N2O3/c1-6-20-12-8-7-11(9-13(12)19-5)15-17-14(21-18-15)10-16(2,3)4/h7-9H,6,10H2,1-5H3. The van der Waals surface area contributed by atoms with Crippen molar-refractivity contribution in [1.82, 2.24) is 10.1 Å². The molecule has 2 aromatic rings. The van der Waals surface area contributed by atoms with Crippen LogP contribution in [0.3, 0.4) is 0 Å². The molecule has 0 saturated heterocycles. The fourth-order valence-corrected chi connectivity index (χ4v) is 1.98. The molecule has 21 heavy (non-hydrogen) atoms. The summed E-state index contributed by atoms with van der Waals surface area (Å²) < 4.78 is 16.1. The van der Waals surface area contributed by atoms with Crippen LogP contribution in [0.25, 0.3) is 11.4 Å². The Labute approximate surface area is 125 Å². The van der Waals surface area contributed by atoms with Gasteiger partial charge in [-0.2, -0.15) is 4.98 Å². The summed E-state index contributed by atoms with van der Waals surface area (Å²) in [5.41, 5.74) is 0.958. The summed E-state index contributed by atoms with van der Waals surface area (Å²) in [5, 5.41) is 4.04. The zero-order valence-electron chi connectivity index (χ0n) is 13.3. The van der Waals surface area contributed by atoms with Gasteiger partial charge in [-0.05, 0) is 30.5 Å². The fraction of sp³-hybridized carbons (Fsp3) is 0.500. The highest BCUT2D eigenvalue weighted by atomic mass is 16.5. The quantitative estimate of drug-likeness (QED) is 0.839. The van der Waals surface area contributed by atoms with Crippen molar-refractivity contribution in [3.8, 4) is 22.9 Å². The predicted molar refractivity (Wildman–Crippen MR) is 80.6 cm³/mol. The van der Waals surface area contributed by atoms with E-state index in [2.05, 4.69) is 30.9 Å². The molecule has 114 valence electrons. The predicted octanol–water partition coefficient (Wildman–Crippen LogP) is 3.73. The third-order valence-electron chi connectivity index (χ3n) is 2.87. The lowest BCUT2D eigenvalue weighted by molar-refractivity contribution is 0.311. The first kappa shape index (κ1) is 15.4. The molecule has 0 aliphatic heterocycles. The van der Waals surface area contributed by atoms with E-state index < -0.39 is 0 Å². The van der Waals surface area contributed by atoms with E-state index in [-0.39, 0.29) is 5.41 Å². The molecule has 2 rings (SSSR count). The third-order valence-corrected chi connectivity index (χ3v) is 2.87. The van der Waals surface area contributed by atoms with Crippen LogP contribution in [0.1, 0.15) is 33.6 Å². The molecule has 0 radical (unpaired) electrons. The van der Waals surface area contributed by atoms with Crippen molar-refractivity contribution in [2.45, 2.75) is 34.1 Å². The number of hydrogen-bond acceptors (Lipinski definition) is 5. The first-order valence-corrected chi connectivity index (χ1v) is 7.06. The van der Waals surface area contributed by atoms with Gasteiger partial charge in [0.15, 0.2) is 11.5 Å². The van der Waals surface area contributed by atoms with Crippen LogP contribution in [0.5, 0.6) is 11.5 Å². The van der Waals surface area contributed by atoms with Gasteiger partial charge < -0.3 is 14.0 Å². The lowest BCUT2D eigenvalue weighted by Gasteiger charge is -2.13. The molecule has 0 spiro atoms. The van der Waals surface area contributed by atoms with Gasteiger partial charge in [-0.3, -0.25) is 0 Å². The molecule has 0 amide bonds. The van der Waals surface area contributed by atoms with Gasteiger partial charge in [0, 0.05) is 12.0 Å². The SMILES string of the molecule is CCOc1ccc(-c2noc(CC(C)(C)C)n2)cc1OC. The molecule has 5 heteroatoms. The Balaban J connectivity index is 2.26. The Kier molecular flexibility index (Phi) is 4.50. The van der Waals surface area contributed by atoms with Crippen molar-refractivity contribution in [3.63, 3.8) is 0 Å². The van der Waals surface area contributed by atoms with Gasteiger partial charge in [-0.25, -0.2) is 0 Å². The van der Waals surface area contributed by atoms with Crippen LogP contribution in [0.15, 0.2) is 22.7 Å². The average Bonchev–Trinajstić information content (AvgIpc) is 2.85. The minimum atomic E-state index is 0.111. The van der Waals surface area contributed by atoms with Crippen LogP contribution >= 0.6 is 0 Å². The Bertz CT molecular complexity index is 600. The molecule has 0 unspecified atom stereocenters. The normalized spacial score (nSPS) is 11.5. The highest BCUT2D eigenvalue weighted by molar-refractivity contribution is 5.60. The first-order valence-electron chi connectivity index (χ1n) is 7.06. The maximum atomic E-state index is 5.50. The Hall–Kier alpha value is -2.04. The zero-order valence-corrected chi connectivity index (χ0v) is 13.3. The molecule has 0 N–H and O–H groups in total. The Morgan fingerprint density at radius 1 is 1.19 bits per heavy atom. The van der Waals surface area contributed by atoms with Gasteiger partial charge in [0.2, 0.25) is 11.7 Å². The molecule has 5 nitrogen and oxygen atoms in total. The van der Waals surface area contributed by atoms with Crippen molar-refractivity contribution in [2.24, 2.45) is 5.41 Å². The summed E-state index contributed by atoms with van der Waals surface area (Å²) in [6.07, 6.45) is 0.744. The molecular weight excluding hydrogens is 268 g/mol. The number of methoxy groups -OCH3 is 1. The van der Waals surface area contributed by atoms with Gasteiger partial charge in [0.25, 0.3) is 0 Å². The van der Waals surface area contributed by atoms with E-state index in [1.165, 1.54) is 0 Å². The second-order valence-corrected chi connectivity index (χ2v) is 6.05. The van der Waals surface area contributed by atoms with Crippen LogP contribution in [0.4, 0.5) is 0 Å². The van der Waals surface area contributed by atoms with E-state index in [0.717, 1.165) is 12.0 Å². The lowest BCUT2D eigenvalue weighted by Crippen LogP contribution is -2.09. The summed E-state index contributed by atoms with van der Waals surface area (Å²) >= 11 is 0. The van der Waals surface area contributed by atoms with Crippen molar-refractivity contribution in [2.75, 3.05) is 13.7 Å². The molecule has 0 bridgehead atoms. The molecule has 1 aromatic heterocycles. The van der Waals surface area contributed by atoms with Crippen molar-refractivity contribution < 1.29 is 14.0 Å². The van der Waals surface area contributed by atoms with Gasteiger partial charge in [-0.1, -0.05) is 25.9 Å². The molecule has 1 aromatic carbocycles. The average molecular weight is 290 g/mol. The molecule has 0 fully saturated rings. The van der Waals surface area contributed by atoms with E-state index in [4.69, 9.17) is 14.0 Å². The highest BCUT2D eigenvalue weighted by Crippen LogP contribution is 2.32. The van der Waals surface area contributed by atoms with Gasteiger partial charge in [0.05, 0.1) is 13.7 Å². The van der Waals surface area contributed by atoms with Crippen LogP contribution in [-0.2, 0) is 6.42 Å². The van der Waals surface area contributed by atoms with Gasteiger partial charge in [-0.15, -0.1) is 0 Å². The topological polar surface area (TPSA) is 57.4 Å². The summed E-state index contributed by atoms with van der Waals surface area (Å²) in [4.78, 5) is 4.44. The maximum Gasteiger partial charge on any atom is 0.227 e. The summed E-state index contributed by atoms with van der Waals surface area (Å²) in [6.45, 7) is 8.93. The lowest BCUT2D eigenvalue weighted by atomic mass is 9.92. The number of hydrogen-bond donors (Lipinski definition) is 0. The summed E-state index contributed by atoms with van der Waals surface area (Å²) in [7, 11) is 1.61. The third kappa shape index (κ3) is 3.97. The molecular formula is C16H22N2O3. The molecule has 0 aliphatic rings. The van der Waals surface area contributed by atoms with Gasteiger partial charge >= 0.3 is 0 Å². The van der Waals surface area contributed by atoms with E-state index in [1.54, 1.807) is 7.11 Å². The zero-order chi connectivity index (χ0) is 15.5. The number of aromatic nitrogens is 2. The van der Waals surface area contributed by atoms with Crippen LogP contribution in [0.2, 0.25) is 0 Å². The first-order chi connectivity index (χ1) is 9.93. The smallest absolute Gasteiger partial charge is 0.227 e. The van der Waals surface area contributed by atoms with E-state index in [0.29, 0.717) is 29.8 Å². The van der Waals surface area contributed by atoms with Crippen molar-refractivity contribution >= 4 is 0 Å². The minimum absolute atomic E-state index is 0.111. The number of nitrogens with zero attached hydrogens (tertiary/aromatic N) is 2. The summed E-state index contributed by atoms with van der Waals surface area (Å²) in [6, 6.07) is 5.62. The van der Waals surface area contributed by atoms with E-state index in [1.807, 2.05) is 25.1 Å². The fourth-order valence-electron chi connectivity index (χ4n) is 1.98. The monoisotopic (exact) mass is 290 g/mol. The van der Waals surface area contributed by atoms with Crippen molar-refractivity contribution in [3.05, 3.63) is 24.1 Å². The minimum Gasteiger partial charge on any atom is -0.493 e. The molecule has 1 heterocycles. The van der Waals surface area contributed by atoms with Crippen molar-refractivity contribution in [1.29, 1.82) is 0 Å². The largest absolute Gasteiger partial charge is 0.493 e. The molecule has 0 aliphatic carbocycles. The van der Waals surface area contributed by atoms with Crippen LogP contribution in [-0.4, -0.2) is 23.9 Å². The number of rotatable bonds is 5.